The van der Waals surface area contributed by atoms with Crippen molar-refractivity contribution in [3.63, 3.8) is 0 Å². The first-order valence-corrected chi connectivity index (χ1v) is 9.78. The lowest BCUT2D eigenvalue weighted by Crippen LogP contribution is -2.61. The summed E-state index contributed by atoms with van der Waals surface area (Å²) in [6.07, 6.45) is 2.82. The van der Waals surface area contributed by atoms with Gasteiger partial charge in [-0.2, -0.15) is 0 Å². The minimum absolute atomic E-state index is 0.140. The minimum Gasteiger partial charge on any atom is -0.352 e. The normalized spacial score (nSPS) is 21.2. The number of hydrogen-bond donors (Lipinski definition) is 2. The van der Waals surface area contributed by atoms with Gasteiger partial charge in [0.1, 0.15) is 5.82 Å². The van der Waals surface area contributed by atoms with Gasteiger partial charge in [-0.25, -0.2) is 13.2 Å². The number of carbonyl (C=O) groups is 3. The smallest absolute Gasteiger partial charge is 0.250 e. The number of ketones is 1. The number of carbonyl (C=O) groups excluding carboxylic acids is 3. The molecule has 1 saturated heterocycles. The Hall–Kier alpha value is -2.42. The first kappa shape index (κ1) is 21.3. The highest BCUT2D eigenvalue weighted by Gasteiger charge is 2.42. The molecule has 2 fully saturated rings. The van der Waals surface area contributed by atoms with Gasteiger partial charge in [-0.3, -0.25) is 14.4 Å². The van der Waals surface area contributed by atoms with Gasteiger partial charge in [0, 0.05) is 37.5 Å². The predicted octanol–water partition coefficient (Wildman–Crippen LogP) is 1.45. The molecule has 0 radical (unpaired) electrons. The van der Waals surface area contributed by atoms with Gasteiger partial charge >= 0.3 is 0 Å². The molecule has 1 saturated carbocycles. The van der Waals surface area contributed by atoms with Crippen LogP contribution >= 0.6 is 0 Å². The Balaban J connectivity index is 1.68. The van der Waals surface area contributed by atoms with Crippen LogP contribution in [0.4, 0.5) is 13.2 Å². The zero-order chi connectivity index (χ0) is 21.1. The van der Waals surface area contributed by atoms with Crippen LogP contribution in [0.15, 0.2) is 12.1 Å². The van der Waals surface area contributed by atoms with E-state index < -0.39 is 41.3 Å². The molecule has 6 nitrogen and oxygen atoms in total. The van der Waals surface area contributed by atoms with Gasteiger partial charge in [-0.15, -0.1) is 0 Å². The number of nitrogens with zero attached hydrogens (tertiary/aromatic N) is 1. The fourth-order valence-corrected chi connectivity index (χ4v) is 4.07. The van der Waals surface area contributed by atoms with Crippen LogP contribution in [0.5, 0.6) is 0 Å². The van der Waals surface area contributed by atoms with Crippen molar-refractivity contribution in [1.82, 2.24) is 10.2 Å². The highest BCUT2D eigenvalue weighted by molar-refractivity contribution is 6.09. The number of nitrogens with two attached hydrogens (primary N) is 1. The summed E-state index contributed by atoms with van der Waals surface area (Å²) in [4.78, 5) is 39.1. The lowest BCUT2D eigenvalue weighted by molar-refractivity contribution is -0.150. The molecular weight excluding hydrogens is 387 g/mol. The quantitative estimate of drug-likeness (QED) is 0.548. The molecule has 2 amide bonds. The molecule has 0 unspecified atom stereocenters. The fourth-order valence-electron chi connectivity index (χ4n) is 4.07. The third-order valence-corrected chi connectivity index (χ3v) is 5.57. The van der Waals surface area contributed by atoms with Gasteiger partial charge < -0.3 is 16.0 Å². The van der Waals surface area contributed by atoms with Crippen molar-refractivity contribution in [3.8, 4) is 0 Å². The summed E-state index contributed by atoms with van der Waals surface area (Å²) in [6.45, 7) is 0.409. The average molecular weight is 411 g/mol. The molecule has 0 spiro atoms. The standard InChI is InChI=1S/C20H24F3N3O3/c21-14-10-16(23)15(22)8-12(14)7-13(24)9-17(27)26-6-5-25-20(29)18(26)19(28)11-3-1-2-4-11/h8,10-11,13,18H,1-7,9,24H2,(H,25,29)/t13-,18-/m1/s1. The molecule has 2 atom stereocenters. The molecule has 9 heteroatoms. The monoisotopic (exact) mass is 411 g/mol. The van der Waals surface area contributed by atoms with E-state index in [1.807, 2.05) is 0 Å². The van der Waals surface area contributed by atoms with Gasteiger partial charge in [0.25, 0.3) is 5.91 Å². The van der Waals surface area contributed by atoms with E-state index in [1.54, 1.807) is 0 Å². The third-order valence-electron chi connectivity index (χ3n) is 5.57. The predicted molar refractivity (Wildman–Crippen MR) is 98.1 cm³/mol. The first-order valence-electron chi connectivity index (χ1n) is 9.78. The third kappa shape index (κ3) is 4.77. The van der Waals surface area contributed by atoms with Crippen LogP contribution in [0.1, 0.15) is 37.7 Å². The lowest BCUT2D eigenvalue weighted by Gasteiger charge is -2.35. The van der Waals surface area contributed by atoms with Crippen molar-refractivity contribution in [2.75, 3.05) is 13.1 Å². The summed E-state index contributed by atoms with van der Waals surface area (Å²) in [5.41, 5.74) is 5.79. The summed E-state index contributed by atoms with van der Waals surface area (Å²) < 4.78 is 40.2. The molecule has 1 aliphatic carbocycles. The number of hydrogen-bond acceptors (Lipinski definition) is 4. The van der Waals surface area contributed by atoms with E-state index in [9.17, 15) is 27.6 Å². The maximum Gasteiger partial charge on any atom is 0.250 e. The Morgan fingerprint density at radius 1 is 1.14 bits per heavy atom. The van der Waals surface area contributed by atoms with Crippen LogP contribution in [-0.2, 0) is 20.8 Å². The largest absolute Gasteiger partial charge is 0.352 e. The van der Waals surface area contributed by atoms with E-state index in [4.69, 9.17) is 5.73 Å². The lowest BCUT2D eigenvalue weighted by atomic mass is 9.93. The molecule has 0 bridgehead atoms. The van der Waals surface area contributed by atoms with Gasteiger partial charge in [0.05, 0.1) is 0 Å². The Morgan fingerprint density at radius 2 is 1.79 bits per heavy atom. The van der Waals surface area contributed by atoms with Crippen LogP contribution in [0.3, 0.4) is 0 Å². The van der Waals surface area contributed by atoms with Crippen LogP contribution in [0.2, 0.25) is 0 Å². The summed E-state index contributed by atoms with van der Waals surface area (Å²) in [6, 6.07) is -0.902. The maximum absolute atomic E-state index is 13.8. The molecule has 29 heavy (non-hydrogen) atoms. The van der Waals surface area contributed by atoms with Gasteiger partial charge in [0.15, 0.2) is 23.5 Å². The Kier molecular flexibility index (Phi) is 6.56. The number of nitrogens with one attached hydrogen (secondary N) is 1. The zero-order valence-corrected chi connectivity index (χ0v) is 15.9. The number of benzene rings is 1. The van der Waals surface area contributed by atoms with Crippen LogP contribution in [-0.4, -0.2) is 47.7 Å². The second kappa shape index (κ2) is 8.94. The van der Waals surface area contributed by atoms with E-state index in [1.165, 1.54) is 4.90 Å². The first-order chi connectivity index (χ1) is 13.8. The van der Waals surface area contributed by atoms with Crippen molar-refractivity contribution in [1.29, 1.82) is 0 Å². The Bertz CT molecular complexity index is 812. The second-order valence-electron chi connectivity index (χ2n) is 7.69. The van der Waals surface area contributed by atoms with Crippen LogP contribution < -0.4 is 11.1 Å². The van der Waals surface area contributed by atoms with E-state index >= 15 is 0 Å². The molecular formula is C20H24F3N3O3. The highest BCUT2D eigenvalue weighted by atomic mass is 19.2. The van der Waals surface area contributed by atoms with Crippen LogP contribution in [0.25, 0.3) is 0 Å². The van der Waals surface area contributed by atoms with E-state index in [-0.39, 0.29) is 43.2 Å². The van der Waals surface area contributed by atoms with Crippen molar-refractivity contribution in [2.45, 2.75) is 50.6 Å². The fraction of sp³-hybridized carbons (Fsp3) is 0.550. The van der Waals surface area contributed by atoms with Gasteiger partial charge in [0.2, 0.25) is 5.91 Å². The second-order valence-corrected chi connectivity index (χ2v) is 7.69. The highest BCUT2D eigenvalue weighted by Crippen LogP contribution is 2.28. The molecule has 3 N–H and O–H groups in total. The summed E-state index contributed by atoms with van der Waals surface area (Å²) in [7, 11) is 0. The molecule has 1 aromatic carbocycles. The molecule has 0 aromatic heterocycles. The molecule has 1 aromatic rings. The molecule has 2 aliphatic rings. The number of amides is 2. The van der Waals surface area contributed by atoms with E-state index in [2.05, 4.69) is 5.32 Å². The van der Waals surface area contributed by atoms with Crippen molar-refractivity contribution in [2.24, 2.45) is 11.7 Å². The number of Topliss-reactive ketones (excluding diaryl/α,β-unsaturated/α-hetero) is 1. The summed E-state index contributed by atoms with van der Waals surface area (Å²) in [5, 5.41) is 2.62. The van der Waals surface area contributed by atoms with Crippen molar-refractivity contribution >= 4 is 17.6 Å². The van der Waals surface area contributed by atoms with E-state index in [0.29, 0.717) is 18.9 Å². The number of rotatable bonds is 6. The molecule has 1 heterocycles. The SMILES string of the molecule is N[C@@H](CC(=O)N1CCNC(=O)[C@H]1C(=O)C1CCCC1)Cc1cc(F)c(F)cc1F. The Labute approximate surface area is 166 Å². The van der Waals surface area contributed by atoms with Gasteiger partial charge in [-0.05, 0) is 30.9 Å². The molecule has 3 rings (SSSR count). The zero-order valence-electron chi connectivity index (χ0n) is 15.9. The average Bonchev–Trinajstić information content (AvgIpc) is 3.20. The van der Waals surface area contributed by atoms with Gasteiger partial charge in [-0.1, -0.05) is 12.8 Å². The summed E-state index contributed by atoms with van der Waals surface area (Å²) >= 11 is 0. The van der Waals surface area contributed by atoms with Crippen LogP contribution in [0, 0.1) is 23.4 Å². The molecule has 1 aliphatic heterocycles. The number of halogens is 3. The molecule has 158 valence electrons. The van der Waals surface area contributed by atoms with Crippen molar-refractivity contribution in [3.05, 3.63) is 35.1 Å². The topological polar surface area (TPSA) is 92.5 Å². The number of piperazine rings is 1. The van der Waals surface area contributed by atoms with E-state index in [0.717, 1.165) is 18.9 Å². The minimum atomic E-state index is -1.30. The van der Waals surface area contributed by atoms with Crippen molar-refractivity contribution < 1.29 is 27.6 Å². The Morgan fingerprint density at radius 3 is 2.48 bits per heavy atom. The summed E-state index contributed by atoms with van der Waals surface area (Å²) in [5.74, 6) is -4.93. The maximum atomic E-state index is 13.8.